The smallest absolute Gasteiger partial charge is 0.254 e. The van der Waals surface area contributed by atoms with Crippen molar-refractivity contribution in [2.24, 2.45) is 0 Å². The lowest BCUT2D eigenvalue weighted by Crippen LogP contribution is -2.38. The molecule has 0 atom stereocenters. The van der Waals surface area contributed by atoms with Crippen molar-refractivity contribution in [1.29, 1.82) is 0 Å². The van der Waals surface area contributed by atoms with Crippen LogP contribution < -0.4 is 0 Å². The summed E-state index contributed by atoms with van der Waals surface area (Å²) in [7, 11) is 0. The monoisotopic (exact) mass is 330 g/mol. The van der Waals surface area contributed by atoms with Gasteiger partial charge in [-0.1, -0.05) is 6.07 Å². The van der Waals surface area contributed by atoms with Crippen molar-refractivity contribution in [3.8, 4) is 0 Å². The van der Waals surface area contributed by atoms with Gasteiger partial charge in [0.15, 0.2) is 0 Å². The Bertz CT molecular complexity index is 715. The molecule has 3 rings (SSSR count). The summed E-state index contributed by atoms with van der Waals surface area (Å²) in [5.41, 5.74) is 1.19. The number of halogens is 1. The molecule has 6 heteroatoms. The summed E-state index contributed by atoms with van der Waals surface area (Å²) in [4.78, 5) is 28.3. The largest absolute Gasteiger partial charge is 0.472 e. The fraction of sp³-hybridized carbons (Fsp3) is 0.333. The van der Waals surface area contributed by atoms with Crippen LogP contribution in [-0.2, 0) is 11.2 Å². The van der Waals surface area contributed by atoms with E-state index in [4.69, 9.17) is 4.42 Å². The predicted molar refractivity (Wildman–Crippen MR) is 85.9 cm³/mol. The fourth-order valence-electron chi connectivity index (χ4n) is 2.85. The van der Waals surface area contributed by atoms with Crippen molar-refractivity contribution >= 4 is 11.8 Å². The Hall–Kier alpha value is -2.63. The zero-order valence-electron chi connectivity index (χ0n) is 13.3. The van der Waals surface area contributed by atoms with Crippen LogP contribution in [0.2, 0.25) is 0 Å². The van der Waals surface area contributed by atoms with Crippen molar-refractivity contribution in [2.75, 3.05) is 26.2 Å². The molecule has 1 aliphatic rings. The second-order valence-electron chi connectivity index (χ2n) is 5.85. The average molecular weight is 330 g/mol. The summed E-state index contributed by atoms with van der Waals surface area (Å²) in [6.45, 7) is 2.11. The van der Waals surface area contributed by atoms with Crippen molar-refractivity contribution < 1.29 is 18.4 Å². The van der Waals surface area contributed by atoms with Gasteiger partial charge in [0.2, 0.25) is 5.91 Å². The second kappa shape index (κ2) is 7.29. The predicted octanol–water partition coefficient (Wildman–Crippen LogP) is 2.34. The SMILES string of the molecule is O=C(Cc1ccoc1)N1CCCN(C(=O)c2cccc(F)c2)CC1. The number of nitrogens with zero attached hydrogens (tertiary/aromatic N) is 2. The number of furan rings is 1. The van der Waals surface area contributed by atoms with Crippen LogP contribution in [0.1, 0.15) is 22.3 Å². The molecule has 1 aliphatic heterocycles. The summed E-state index contributed by atoms with van der Waals surface area (Å²) in [6.07, 6.45) is 4.12. The van der Waals surface area contributed by atoms with Crippen molar-refractivity contribution in [2.45, 2.75) is 12.8 Å². The van der Waals surface area contributed by atoms with Crippen molar-refractivity contribution in [3.63, 3.8) is 0 Å². The van der Waals surface area contributed by atoms with E-state index < -0.39 is 5.82 Å². The lowest BCUT2D eigenvalue weighted by Gasteiger charge is -2.22. The molecule has 1 aromatic carbocycles. The minimum absolute atomic E-state index is 0.0245. The molecule has 0 radical (unpaired) electrons. The van der Waals surface area contributed by atoms with Gasteiger partial charge in [-0.3, -0.25) is 9.59 Å². The van der Waals surface area contributed by atoms with E-state index in [9.17, 15) is 14.0 Å². The van der Waals surface area contributed by atoms with E-state index in [0.717, 1.165) is 5.56 Å². The lowest BCUT2D eigenvalue weighted by atomic mass is 10.2. The van der Waals surface area contributed by atoms with Gasteiger partial charge in [0.1, 0.15) is 5.82 Å². The molecule has 2 aromatic rings. The van der Waals surface area contributed by atoms with Crippen LogP contribution in [0.15, 0.2) is 47.3 Å². The van der Waals surface area contributed by atoms with Gasteiger partial charge >= 0.3 is 0 Å². The first-order valence-electron chi connectivity index (χ1n) is 7.97. The van der Waals surface area contributed by atoms with Gasteiger partial charge in [0, 0.05) is 31.7 Å². The minimum Gasteiger partial charge on any atom is -0.472 e. The van der Waals surface area contributed by atoms with Gasteiger partial charge in [0.25, 0.3) is 5.91 Å². The van der Waals surface area contributed by atoms with Crippen LogP contribution in [0.4, 0.5) is 4.39 Å². The highest BCUT2D eigenvalue weighted by molar-refractivity contribution is 5.94. The fourth-order valence-corrected chi connectivity index (χ4v) is 2.85. The van der Waals surface area contributed by atoms with Crippen LogP contribution >= 0.6 is 0 Å². The molecular formula is C18H19FN2O3. The zero-order valence-corrected chi connectivity index (χ0v) is 13.3. The normalized spacial score (nSPS) is 15.2. The van der Waals surface area contributed by atoms with Gasteiger partial charge in [-0.05, 0) is 36.2 Å². The highest BCUT2D eigenvalue weighted by atomic mass is 19.1. The molecule has 0 unspecified atom stereocenters. The Morgan fingerprint density at radius 1 is 1.08 bits per heavy atom. The molecule has 0 bridgehead atoms. The summed E-state index contributed by atoms with van der Waals surface area (Å²) < 4.78 is 18.3. The third-order valence-corrected chi connectivity index (χ3v) is 4.14. The van der Waals surface area contributed by atoms with Gasteiger partial charge in [-0.15, -0.1) is 0 Å². The summed E-state index contributed by atoms with van der Waals surface area (Å²) in [5, 5.41) is 0. The highest BCUT2D eigenvalue weighted by Crippen LogP contribution is 2.12. The molecule has 2 heterocycles. The molecule has 0 aliphatic carbocycles. The zero-order chi connectivity index (χ0) is 16.9. The van der Waals surface area contributed by atoms with Gasteiger partial charge in [-0.2, -0.15) is 0 Å². The molecule has 126 valence electrons. The number of amides is 2. The highest BCUT2D eigenvalue weighted by Gasteiger charge is 2.23. The molecular weight excluding hydrogens is 311 g/mol. The number of hydrogen-bond donors (Lipinski definition) is 0. The number of benzene rings is 1. The number of rotatable bonds is 3. The van der Waals surface area contributed by atoms with E-state index >= 15 is 0 Å². The maximum absolute atomic E-state index is 13.3. The van der Waals surface area contributed by atoms with E-state index in [1.54, 1.807) is 34.5 Å². The van der Waals surface area contributed by atoms with E-state index in [2.05, 4.69) is 0 Å². The molecule has 1 fully saturated rings. The maximum Gasteiger partial charge on any atom is 0.254 e. The summed E-state index contributed by atoms with van der Waals surface area (Å²) >= 11 is 0. The molecule has 0 N–H and O–H groups in total. The molecule has 24 heavy (non-hydrogen) atoms. The minimum atomic E-state index is -0.424. The maximum atomic E-state index is 13.3. The first kappa shape index (κ1) is 16.2. The molecule has 2 amide bonds. The summed E-state index contributed by atoms with van der Waals surface area (Å²) in [6, 6.07) is 7.47. The average Bonchev–Trinajstić information content (AvgIpc) is 2.95. The first-order chi connectivity index (χ1) is 11.6. The third kappa shape index (κ3) is 3.82. The van der Waals surface area contributed by atoms with Gasteiger partial charge in [0.05, 0.1) is 18.9 Å². The first-order valence-corrected chi connectivity index (χ1v) is 7.97. The molecule has 0 spiro atoms. The Morgan fingerprint density at radius 3 is 2.62 bits per heavy atom. The summed E-state index contributed by atoms with van der Waals surface area (Å²) in [5.74, 6) is -0.595. The topological polar surface area (TPSA) is 53.8 Å². The van der Waals surface area contributed by atoms with Crippen LogP contribution in [0.25, 0.3) is 0 Å². The Labute approximate surface area is 139 Å². The van der Waals surface area contributed by atoms with E-state index in [0.29, 0.717) is 44.6 Å². The van der Waals surface area contributed by atoms with Gasteiger partial charge < -0.3 is 14.2 Å². The Kier molecular flexibility index (Phi) is 4.93. The molecule has 1 saturated heterocycles. The van der Waals surface area contributed by atoms with E-state index in [1.807, 2.05) is 0 Å². The van der Waals surface area contributed by atoms with Crippen LogP contribution in [0.3, 0.4) is 0 Å². The van der Waals surface area contributed by atoms with Crippen LogP contribution in [0, 0.1) is 5.82 Å². The van der Waals surface area contributed by atoms with Gasteiger partial charge in [-0.25, -0.2) is 4.39 Å². The number of hydrogen-bond acceptors (Lipinski definition) is 3. The Balaban J connectivity index is 1.60. The number of carbonyl (C=O) groups excluding carboxylic acids is 2. The lowest BCUT2D eigenvalue weighted by molar-refractivity contribution is -0.130. The second-order valence-corrected chi connectivity index (χ2v) is 5.85. The third-order valence-electron chi connectivity index (χ3n) is 4.14. The van der Waals surface area contributed by atoms with Crippen LogP contribution in [0.5, 0.6) is 0 Å². The van der Waals surface area contributed by atoms with E-state index in [-0.39, 0.29) is 11.8 Å². The Morgan fingerprint density at radius 2 is 1.88 bits per heavy atom. The quantitative estimate of drug-likeness (QED) is 0.868. The molecule has 5 nitrogen and oxygen atoms in total. The van der Waals surface area contributed by atoms with E-state index in [1.165, 1.54) is 18.2 Å². The van der Waals surface area contributed by atoms with Crippen LogP contribution in [-0.4, -0.2) is 47.8 Å². The van der Waals surface area contributed by atoms with Crippen molar-refractivity contribution in [1.82, 2.24) is 9.80 Å². The van der Waals surface area contributed by atoms with Crippen molar-refractivity contribution in [3.05, 3.63) is 59.8 Å². The number of carbonyl (C=O) groups is 2. The standard InChI is InChI=1S/C18H19FN2O3/c19-16-4-1-3-15(12-16)18(23)21-7-2-6-20(8-9-21)17(22)11-14-5-10-24-13-14/h1,3-5,10,12-13H,2,6-9,11H2. The molecule has 0 saturated carbocycles. The molecule has 1 aromatic heterocycles.